The molecule has 3 nitrogen and oxygen atoms in total. The predicted octanol–water partition coefficient (Wildman–Crippen LogP) is 2.11. The van der Waals surface area contributed by atoms with Crippen molar-refractivity contribution >= 4 is 5.91 Å². The molecule has 0 spiro atoms. The Morgan fingerprint density at radius 3 is 2.47 bits per heavy atom. The van der Waals surface area contributed by atoms with E-state index in [4.69, 9.17) is 0 Å². The maximum atomic E-state index is 11.9. The van der Waals surface area contributed by atoms with Gasteiger partial charge in [-0.1, -0.05) is 44.2 Å². The van der Waals surface area contributed by atoms with E-state index in [-0.39, 0.29) is 17.9 Å². The van der Waals surface area contributed by atoms with Gasteiger partial charge < -0.3 is 10.6 Å². The van der Waals surface area contributed by atoms with E-state index in [1.54, 1.807) is 0 Å². The molecule has 1 rings (SSSR count). The van der Waals surface area contributed by atoms with Gasteiger partial charge in [-0.25, -0.2) is 0 Å². The smallest absolute Gasteiger partial charge is 0.224 e. The third-order valence-electron chi connectivity index (χ3n) is 2.81. The van der Waals surface area contributed by atoms with E-state index < -0.39 is 0 Å². The molecule has 2 N–H and O–H groups in total. The molecule has 1 aromatic rings. The van der Waals surface area contributed by atoms with Crippen LogP contribution < -0.4 is 10.6 Å². The molecule has 3 heteroatoms. The molecule has 0 fully saturated rings. The zero-order chi connectivity index (χ0) is 12.7. The fourth-order valence-corrected chi connectivity index (χ4v) is 1.63. The second-order valence-electron chi connectivity index (χ2n) is 4.35. The summed E-state index contributed by atoms with van der Waals surface area (Å²) in [6, 6.07) is 10.1. The lowest BCUT2D eigenvalue weighted by Crippen LogP contribution is -2.36. The minimum absolute atomic E-state index is 0.00103. The third-order valence-corrected chi connectivity index (χ3v) is 2.81. The Balaban J connectivity index is 2.46. The Hall–Kier alpha value is -1.35. The molecule has 0 saturated carbocycles. The summed E-state index contributed by atoms with van der Waals surface area (Å²) < 4.78 is 0. The first-order valence-electron chi connectivity index (χ1n) is 6.21. The highest BCUT2D eigenvalue weighted by Gasteiger charge is 2.15. The summed E-state index contributed by atoms with van der Waals surface area (Å²) in [4.78, 5) is 11.9. The molecule has 0 heterocycles. The molecule has 2 atom stereocenters. The zero-order valence-corrected chi connectivity index (χ0v) is 10.9. The number of amides is 1. The van der Waals surface area contributed by atoms with Gasteiger partial charge in [-0.05, 0) is 19.0 Å². The molecular formula is C14H22N2O. The molecule has 0 saturated heterocycles. The highest BCUT2D eigenvalue weighted by Crippen LogP contribution is 2.11. The minimum atomic E-state index is 0.00103. The van der Waals surface area contributed by atoms with Gasteiger partial charge in [-0.2, -0.15) is 0 Å². The molecule has 0 aliphatic heterocycles. The quantitative estimate of drug-likeness (QED) is 0.791. The van der Waals surface area contributed by atoms with Crippen molar-refractivity contribution in [2.45, 2.75) is 26.8 Å². The second kappa shape index (κ2) is 7.07. The highest BCUT2D eigenvalue weighted by atomic mass is 16.1. The van der Waals surface area contributed by atoms with Crippen LogP contribution in [0, 0.1) is 5.92 Å². The Kier molecular flexibility index (Phi) is 5.70. The highest BCUT2D eigenvalue weighted by molar-refractivity contribution is 5.78. The number of carbonyl (C=O) groups excluding carboxylic acids is 1. The standard InChI is InChI=1S/C14H22N2O/c1-4-15-10-11(2)14(17)16-12(3)13-8-6-5-7-9-13/h5-9,11-12,15H,4,10H2,1-3H3,(H,16,17)/t11?,12-/m1/s1. The summed E-state index contributed by atoms with van der Waals surface area (Å²) in [6.07, 6.45) is 0. The van der Waals surface area contributed by atoms with E-state index in [2.05, 4.69) is 10.6 Å². The van der Waals surface area contributed by atoms with Gasteiger partial charge in [0.05, 0.1) is 6.04 Å². The van der Waals surface area contributed by atoms with Crippen LogP contribution in [0.4, 0.5) is 0 Å². The van der Waals surface area contributed by atoms with Crippen LogP contribution in [0.1, 0.15) is 32.4 Å². The average molecular weight is 234 g/mol. The maximum absolute atomic E-state index is 11.9. The Labute approximate surface area is 104 Å². The first-order valence-corrected chi connectivity index (χ1v) is 6.21. The van der Waals surface area contributed by atoms with E-state index >= 15 is 0 Å². The molecule has 0 bridgehead atoms. The van der Waals surface area contributed by atoms with E-state index in [9.17, 15) is 4.79 Å². The van der Waals surface area contributed by atoms with Crippen molar-refractivity contribution < 1.29 is 4.79 Å². The zero-order valence-electron chi connectivity index (χ0n) is 10.9. The molecule has 1 unspecified atom stereocenters. The van der Waals surface area contributed by atoms with Gasteiger partial charge in [0, 0.05) is 12.5 Å². The van der Waals surface area contributed by atoms with Gasteiger partial charge in [0.25, 0.3) is 0 Å². The molecule has 0 radical (unpaired) electrons. The van der Waals surface area contributed by atoms with Crippen LogP contribution >= 0.6 is 0 Å². The third kappa shape index (κ3) is 4.57. The first kappa shape index (κ1) is 13.7. The van der Waals surface area contributed by atoms with Gasteiger partial charge in [-0.3, -0.25) is 4.79 Å². The summed E-state index contributed by atoms with van der Waals surface area (Å²) in [5, 5.41) is 6.21. The number of hydrogen-bond donors (Lipinski definition) is 2. The number of rotatable bonds is 6. The largest absolute Gasteiger partial charge is 0.349 e. The van der Waals surface area contributed by atoms with Crippen LogP contribution in [0.25, 0.3) is 0 Å². The van der Waals surface area contributed by atoms with Crippen LogP contribution in [0.5, 0.6) is 0 Å². The summed E-state index contributed by atoms with van der Waals surface area (Å²) in [7, 11) is 0. The molecule has 1 amide bonds. The predicted molar refractivity (Wildman–Crippen MR) is 70.7 cm³/mol. The van der Waals surface area contributed by atoms with Crippen LogP contribution in [0.15, 0.2) is 30.3 Å². The monoisotopic (exact) mass is 234 g/mol. The molecule has 94 valence electrons. The Morgan fingerprint density at radius 1 is 1.24 bits per heavy atom. The Bertz CT molecular complexity index is 337. The van der Waals surface area contributed by atoms with Crippen LogP contribution in [0.3, 0.4) is 0 Å². The summed E-state index contributed by atoms with van der Waals surface area (Å²) in [5.41, 5.74) is 1.14. The van der Waals surface area contributed by atoms with Gasteiger partial charge in [0.15, 0.2) is 0 Å². The fraction of sp³-hybridized carbons (Fsp3) is 0.500. The van der Waals surface area contributed by atoms with Gasteiger partial charge >= 0.3 is 0 Å². The number of hydrogen-bond acceptors (Lipinski definition) is 2. The van der Waals surface area contributed by atoms with Crippen molar-refractivity contribution in [3.05, 3.63) is 35.9 Å². The van der Waals surface area contributed by atoms with Crippen LogP contribution in [-0.2, 0) is 4.79 Å². The summed E-state index contributed by atoms with van der Waals surface area (Å²) >= 11 is 0. The van der Waals surface area contributed by atoms with Crippen molar-refractivity contribution in [2.75, 3.05) is 13.1 Å². The molecule has 1 aromatic carbocycles. The normalized spacial score (nSPS) is 14.1. The van der Waals surface area contributed by atoms with Crippen molar-refractivity contribution in [1.82, 2.24) is 10.6 Å². The molecule has 17 heavy (non-hydrogen) atoms. The van der Waals surface area contributed by atoms with Gasteiger partial charge in [-0.15, -0.1) is 0 Å². The lowest BCUT2D eigenvalue weighted by Gasteiger charge is -2.18. The van der Waals surface area contributed by atoms with E-state index in [1.807, 2.05) is 51.1 Å². The van der Waals surface area contributed by atoms with E-state index in [0.29, 0.717) is 0 Å². The molecule has 0 aliphatic rings. The SMILES string of the molecule is CCNCC(C)C(=O)N[C@H](C)c1ccccc1. The van der Waals surface area contributed by atoms with Crippen LogP contribution in [0.2, 0.25) is 0 Å². The molecular weight excluding hydrogens is 212 g/mol. The molecule has 0 aliphatic carbocycles. The first-order chi connectivity index (χ1) is 8.15. The van der Waals surface area contributed by atoms with E-state index in [1.165, 1.54) is 0 Å². The second-order valence-corrected chi connectivity index (χ2v) is 4.35. The van der Waals surface area contributed by atoms with Crippen molar-refractivity contribution in [2.24, 2.45) is 5.92 Å². The molecule has 0 aromatic heterocycles. The van der Waals surface area contributed by atoms with Gasteiger partial charge in [0.1, 0.15) is 0 Å². The lowest BCUT2D eigenvalue weighted by atomic mass is 10.1. The van der Waals surface area contributed by atoms with E-state index in [0.717, 1.165) is 18.7 Å². The maximum Gasteiger partial charge on any atom is 0.224 e. The van der Waals surface area contributed by atoms with Crippen molar-refractivity contribution in [3.8, 4) is 0 Å². The Morgan fingerprint density at radius 2 is 1.88 bits per heavy atom. The average Bonchev–Trinajstić information content (AvgIpc) is 2.36. The summed E-state index contributed by atoms with van der Waals surface area (Å²) in [6.45, 7) is 7.61. The van der Waals surface area contributed by atoms with Crippen molar-refractivity contribution in [1.29, 1.82) is 0 Å². The minimum Gasteiger partial charge on any atom is -0.349 e. The van der Waals surface area contributed by atoms with Crippen LogP contribution in [-0.4, -0.2) is 19.0 Å². The number of benzene rings is 1. The topological polar surface area (TPSA) is 41.1 Å². The summed E-state index contributed by atoms with van der Waals surface area (Å²) in [5.74, 6) is 0.100. The lowest BCUT2D eigenvalue weighted by molar-refractivity contribution is -0.125. The number of nitrogens with one attached hydrogen (secondary N) is 2. The number of carbonyl (C=O) groups is 1. The van der Waals surface area contributed by atoms with Crippen molar-refractivity contribution in [3.63, 3.8) is 0 Å². The fourth-order valence-electron chi connectivity index (χ4n) is 1.63. The van der Waals surface area contributed by atoms with Gasteiger partial charge in [0.2, 0.25) is 5.91 Å².